The lowest BCUT2D eigenvalue weighted by Gasteiger charge is -2.30. The van der Waals surface area contributed by atoms with Crippen LogP contribution < -0.4 is 4.74 Å². The highest BCUT2D eigenvalue weighted by atomic mass is 35.5. The number of rotatable bonds is 3. The van der Waals surface area contributed by atoms with Crippen molar-refractivity contribution in [3.63, 3.8) is 0 Å². The number of halogens is 3. The molecule has 1 saturated heterocycles. The molecule has 2 heterocycles. The van der Waals surface area contributed by atoms with E-state index in [1.807, 2.05) is 6.07 Å². The smallest absolute Gasteiger partial charge is 0.146 e. The molecular formula is C22H19Cl2FN2O. The molecule has 3 aromatic rings. The molecule has 1 fully saturated rings. The summed E-state index contributed by atoms with van der Waals surface area (Å²) in [6, 6.07) is 10.5. The van der Waals surface area contributed by atoms with E-state index in [9.17, 15) is 4.39 Å². The van der Waals surface area contributed by atoms with Gasteiger partial charge in [-0.2, -0.15) is 0 Å². The third kappa shape index (κ3) is 3.04. The quantitative estimate of drug-likeness (QED) is 0.537. The number of hydrogen-bond donors (Lipinski definition) is 0. The van der Waals surface area contributed by atoms with E-state index in [1.54, 1.807) is 30.5 Å². The van der Waals surface area contributed by atoms with E-state index in [0.29, 0.717) is 26.7 Å². The average molecular weight is 417 g/mol. The zero-order chi connectivity index (χ0) is 19.3. The first-order chi connectivity index (χ1) is 13.6. The molecule has 0 amide bonds. The van der Waals surface area contributed by atoms with Gasteiger partial charge in [0.05, 0.1) is 6.04 Å². The highest BCUT2D eigenvalue weighted by molar-refractivity contribution is 6.35. The van der Waals surface area contributed by atoms with Gasteiger partial charge in [0.15, 0.2) is 0 Å². The number of benzene rings is 2. The summed E-state index contributed by atoms with van der Waals surface area (Å²) in [7, 11) is 0. The fourth-order valence-corrected chi connectivity index (χ4v) is 5.08. The molecule has 0 saturated carbocycles. The maximum absolute atomic E-state index is 14.2. The summed E-state index contributed by atoms with van der Waals surface area (Å²) in [6.07, 6.45) is 4.63. The molecule has 0 radical (unpaired) electrons. The number of fused-ring (bicyclic) bond motifs is 2. The average Bonchev–Trinajstić information content (AvgIpc) is 3.33. The lowest BCUT2D eigenvalue weighted by Crippen LogP contribution is -2.38. The summed E-state index contributed by atoms with van der Waals surface area (Å²) >= 11 is 12.8. The topological polar surface area (TPSA) is 25.4 Å². The highest BCUT2D eigenvalue weighted by Gasteiger charge is 2.40. The monoisotopic (exact) mass is 416 g/mol. The van der Waals surface area contributed by atoms with Crippen molar-refractivity contribution in [1.29, 1.82) is 0 Å². The van der Waals surface area contributed by atoms with Gasteiger partial charge in [-0.1, -0.05) is 23.2 Å². The Morgan fingerprint density at radius 1 is 1.11 bits per heavy atom. The largest absolute Gasteiger partial charge is 0.482 e. The maximum atomic E-state index is 14.2. The molecule has 0 unspecified atom stereocenters. The Balaban J connectivity index is 1.60. The Bertz CT molecular complexity index is 1050. The fourth-order valence-electron chi connectivity index (χ4n) is 4.50. The van der Waals surface area contributed by atoms with E-state index in [4.69, 9.17) is 27.9 Å². The lowest BCUT2D eigenvalue weighted by molar-refractivity contribution is 0.0952. The van der Waals surface area contributed by atoms with Crippen molar-refractivity contribution in [2.24, 2.45) is 0 Å². The van der Waals surface area contributed by atoms with Crippen molar-refractivity contribution in [2.45, 2.75) is 31.4 Å². The molecule has 144 valence electrons. The highest BCUT2D eigenvalue weighted by Crippen LogP contribution is 2.44. The van der Waals surface area contributed by atoms with E-state index in [1.165, 1.54) is 18.9 Å². The van der Waals surface area contributed by atoms with Gasteiger partial charge in [-0.05, 0) is 74.3 Å². The van der Waals surface area contributed by atoms with Crippen molar-refractivity contribution < 1.29 is 9.13 Å². The molecular weight excluding hydrogens is 398 g/mol. The Kier molecular flexibility index (Phi) is 4.66. The van der Waals surface area contributed by atoms with Crippen LogP contribution in [0, 0.1) is 5.82 Å². The second kappa shape index (κ2) is 7.18. The molecule has 2 atom stereocenters. The predicted molar refractivity (Wildman–Crippen MR) is 110 cm³/mol. The van der Waals surface area contributed by atoms with Crippen LogP contribution in [-0.2, 0) is 6.42 Å². The predicted octanol–water partition coefficient (Wildman–Crippen LogP) is 5.82. The Morgan fingerprint density at radius 3 is 2.75 bits per heavy atom. The van der Waals surface area contributed by atoms with E-state index in [0.717, 1.165) is 30.6 Å². The van der Waals surface area contributed by atoms with Crippen molar-refractivity contribution in [3.05, 3.63) is 69.6 Å². The number of aromatic nitrogens is 1. The first-order valence-corrected chi connectivity index (χ1v) is 10.3. The zero-order valence-corrected chi connectivity index (χ0v) is 16.7. The first kappa shape index (κ1) is 18.2. The van der Waals surface area contributed by atoms with Crippen LogP contribution >= 0.6 is 23.2 Å². The van der Waals surface area contributed by atoms with E-state index in [-0.39, 0.29) is 18.0 Å². The minimum absolute atomic E-state index is 0.178. The number of likely N-dealkylation sites (tertiary alicyclic amines) is 1. The van der Waals surface area contributed by atoms with Crippen molar-refractivity contribution in [2.75, 3.05) is 13.1 Å². The molecule has 0 N–H and O–H groups in total. The van der Waals surface area contributed by atoms with E-state index < -0.39 is 0 Å². The zero-order valence-electron chi connectivity index (χ0n) is 15.2. The van der Waals surface area contributed by atoms with Gasteiger partial charge in [0, 0.05) is 27.2 Å². The molecule has 0 bridgehead atoms. The Morgan fingerprint density at radius 2 is 1.93 bits per heavy atom. The van der Waals surface area contributed by atoms with Crippen LogP contribution in [0.1, 0.15) is 30.1 Å². The minimum atomic E-state index is -0.301. The van der Waals surface area contributed by atoms with Crippen LogP contribution in [0.2, 0.25) is 10.0 Å². The van der Waals surface area contributed by atoms with Gasteiger partial charge in [-0.3, -0.25) is 9.88 Å². The third-order valence-corrected chi connectivity index (χ3v) is 6.36. The molecule has 6 heteroatoms. The summed E-state index contributed by atoms with van der Waals surface area (Å²) in [6.45, 7) is 2.10. The minimum Gasteiger partial charge on any atom is -0.482 e. The number of pyridine rings is 1. The fraction of sp³-hybridized carbons (Fsp3) is 0.318. The van der Waals surface area contributed by atoms with Crippen LogP contribution in [0.5, 0.6) is 5.75 Å². The first-order valence-electron chi connectivity index (χ1n) is 9.53. The van der Waals surface area contributed by atoms with Crippen molar-refractivity contribution in [3.8, 4) is 5.75 Å². The summed E-state index contributed by atoms with van der Waals surface area (Å²) in [5.41, 5.74) is 2.64. The standard InChI is InChI=1S/C22H19Cl2FN2O/c23-13-10-16-15(17(24)11-13)12-19(27-8-1-2-9-27)22(16)28-20-6-5-18(25)14-4-3-7-26-21(14)20/h3-7,10-11,19,22H,1-2,8-9,12H2/t19-,22-/m0/s1. The number of ether oxygens (including phenoxy) is 1. The van der Waals surface area contributed by atoms with Crippen molar-refractivity contribution in [1.82, 2.24) is 9.88 Å². The molecule has 1 aliphatic carbocycles. The van der Waals surface area contributed by atoms with E-state index >= 15 is 0 Å². The number of hydrogen-bond acceptors (Lipinski definition) is 3. The Hall–Kier alpha value is -1.88. The van der Waals surface area contributed by atoms with Gasteiger partial charge >= 0.3 is 0 Å². The SMILES string of the molecule is Fc1ccc(O[C@H]2c3cc(Cl)cc(Cl)c3C[C@@H]2N2CCCC2)c2ncccc12. The van der Waals surface area contributed by atoms with Gasteiger partial charge in [0.1, 0.15) is 23.2 Å². The molecule has 2 aromatic carbocycles. The van der Waals surface area contributed by atoms with Crippen LogP contribution in [0.25, 0.3) is 10.9 Å². The lowest BCUT2D eigenvalue weighted by atomic mass is 10.1. The van der Waals surface area contributed by atoms with Crippen LogP contribution in [0.4, 0.5) is 4.39 Å². The Labute approximate surface area is 173 Å². The molecule has 28 heavy (non-hydrogen) atoms. The summed E-state index contributed by atoms with van der Waals surface area (Å²) < 4.78 is 20.7. The molecule has 0 spiro atoms. The molecule has 1 aliphatic heterocycles. The van der Waals surface area contributed by atoms with Gasteiger partial charge in [-0.25, -0.2) is 4.39 Å². The summed E-state index contributed by atoms with van der Waals surface area (Å²) in [5, 5.41) is 1.74. The van der Waals surface area contributed by atoms with Crippen LogP contribution in [-0.4, -0.2) is 29.0 Å². The summed E-state index contributed by atoms with van der Waals surface area (Å²) in [5.74, 6) is 0.277. The van der Waals surface area contributed by atoms with Gasteiger partial charge in [0.2, 0.25) is 0 Å². The van der Waals surface area contributed by atoms with Gasteiger partial charge in [-0.15, -0.1) is 0 Å². The van der Waals surface area contributed by atoms with Gasteiger partial charge < -0.3 is 4.74 Å². The second-order valence-corrected chi connectivity index (χ2v) is 8.30. The third-order valence-electron chi connectivity index (χ3n) is 5.81. The second-order valence-electron chi connectivity index (χ2n) is 7.45. The maximum Gasteiger partial charge on any atom is 0.146 e. The summed E-state index contributed by atoms with van der Waals surface area (Å²) in [4.78, 5) is 6.83. The van der Waals surface area contributed by atoms with Gasteiger partial charge in [0.25, 0.3) is 0 Å². The molecule has 5 rings (SSSR count). The van der Waals surface area contributed by atoms with E-state index in [2.05, 4.69) is 9.88 Å². The van der Waals surface area contributed by atoms with Crippen molar-refractivity contribution >= 4 is 34.1 Å². The van der Waals surface area contributed by atoms with Crippen LogP contribution in [0.15, 0.2) is 42.6 Å². The number of nitrogens with zero attached hydrogens (tertiary/aromatic N) is 2. The molecule has 1 aromatic heterocycles. The normalized spacial score (nSPS) is 22.0. The molecule has 3 nitrogen and oxygen atoms in total. The molecule has 2 aliphatic rings. The van der Waals surface area contributed by atoms with Crippen LogP contribution in [0.3, 0.4) is 0 Å².